The fourth-order valence-corrected chi connectivity index (χ4v) is 2.85. The van der Waals surface area contributed by atoms with Crippen molar-refractivity contribution in [3.8, 4) is 17.1 Å². The minimum Gasteiger partial charge on any atom is -0.492 e. The lowest BCUT2D eigenvalue weighted by molar-refractivity contribution is -0.124. The van der Waals surface area contributed by atoms with Gasteiger partial charge in [-0.1, -0.05) is 27.7 Å². The molecule has 0 saturated heterocycles. The lowest BCUT2D eigenvalue weighted by atomic mass is 10.2. The van der Waals surface area contributed by atoms with E-state index < -0.39 is 0 Å². The summed E-state index contributed by atoms with van der Waals surface area (Å²) in [6, 6.07) is 13.4. The normalized spacial score (nSPS) is 10.5. The highest BCUT2D eigenvalue weighted by atomic mass is 16.5. The molecule has 2 aromatic carbocycles. The molecule has 0 saturated carbocycles. The molecule has 0 atom stereocenters. The maximum Gasteiger partial charge on any atom is 0.246 e. The standard InChI is InChI=1S/C21H23N7O2.C2H6/c1-13(2)20(29)22-9-10-30-17-6-3-14(4-7-17)19-25-21(28-27-19)24-16-5-8-18-15(11-16)12-23-26-18;1-2/h3-8,11-13H,9-10H2,1-2H3,(H,22,29)(H,23,26)(H2,24,25,27,28);1-2H3. The summed E-state index contributed by atoms with van der Waals surface area (Å²) < 4.78 is 5.66. The minimum atomic E-state index is -0.0286. The molecule has 4 rings (SSSR count). The number of aromatic amines is 2. The van der Waals surface area contributed by atoms with Crippen molar-refractivity contribution in [2.75, 3.05) is 18.5 Å². The maximum atomic E-state index is 11.5. The Morgan fingerprint density at radius 1 is 1.09 bits per heavy atom. The van der Waals surface area contributed by atoms with Crippen molar-refractivity contribution in [3.05, 3.63) is 48.7 Å². The molecule has 0 fully saturated rings. The van der Waals surface area contributed by atoms with Crippen molar-refractivity contribution in [1.29, 1.82) is 0 Å². The molecule has 9 heteroatoms. The maximum absolute atomic E-state index is 11.5. The summed E-state index contributed by atoms with van der Waals surface area (Å²) in [6.07, 6.45) is 1.77. The lowest BCUT2D eigenvalue weighted by Gasteiger charge is -2.09. The Morgan fingerprint density at radius 3 is 2.62 bits per heavy atom. The van der Waals surface area contributed by atoms with Crippen LogP contribution in [0.1, 0.15) is 27.7 Å². The van der Waals surface area contributed by atoms with Gasteiger partial charge in [0.1, 0.15) is 12.4 Å². The number of hydrogen-bond donors (Lipinski definition) is 4. The van der Waals surface area contributed by atoms with Crippen LogP contribution in [0.5, 0.6) is 5.75 Å². The molecular formula is C23H29N7O2. The van der Waals surface area contributed by atoms with Gasteiger partial charge in [0.05, 0.1) is 18.3 Å². The summed E-state index contributed by atoms with van der Waals surface area (Å²) in [7, 11) is 0. The Labute approximate surface area is 187 Å². The van der Waals surface area contributed by atoms with Gasteiger partial charge >= 0.3 is 0 Å². The molecule has 0 radical (unpaired) electrons. The van der Waals surface area contributed by atoms with E-state index in [4.69, 9.17) is 4.74 Å². The molecule has 2 aromatic heterocycles. The third-order valence-corrected chi connectivity index (χ3v) is 4.50. The molecule has 32 heavy (non-hydrogen) atoms. The van der Waals surface area contributed by atoms with Crippen molar-refractivity contribution in [3.63, 3.8) is 0 Å². The topological polar surface area (TPSA) is 121 Å². The van der Waals surface area contributed by atoms with Crippen LogP contribution in [0.25, 0.3) is 22.3 Å². The van der Waals surface area contributed by atoms with Crippen LogP contribution >= 0.6 is 0 Å². The number of rotatable bonds is 8. The largest absolute Gasteiger partial charge is 0.492 e. The summed E-state index contributed by atoms with van der Waals surface area (Å²) >= 11 is 0. The molecule has 0 bridgehead atoms. The van der Waals surface area contributed by atoms with E-state index in [1.54, 1.807) is 6.20 Å². The first kappa shape index (κ1) is 22.8. The molecule has 0 aliphatic heterocycles. The number of aromatic nitrogens is 5. The highest BCUT2D eigenvalue weighted by Gasteiger charge is 2.08. The van der Waals surface area contributed by atoms with Crippen LogP contribution in [0.15, 0.2) is 48.7 Å². The van der Waals surface area contributed by atoms with Gasteiger partial charge in [-0.25, -0.2) is 0 Å². The van der Waals surface area contributed by atoms with E-state index in [-0.39, 0.29) is 11.8 Å². The van der Waals surface area contributed by atoms with E-state index in [0.29, 0.717) is 24.9 Å². The molecule has 168 valence electrons. The monoisotopic (exact) mass is 435 g/mol. The van der Waals surface area contributed by atoms with Crippen molar-refractivity contribution < 1.29 is 9.53 Å². The van der Waals surface area contributed by atoms with Crippen LogP contribution < -0.4 is 15.4 Å². The number of amides is 1. The second kappa shape index (κ2) is 10.9. The van der Waals surface area contributed by atoms with E-state index in [0.717, 1.165) is 27.9 Å². The Hall–Kier alpha value is -3.88. The molecule has 0 unspecified atom stereocenters. The predicted octanol–water partition coefficient (Wildman–Crippen LogP) is 4.27. The Bertz CT molecular complexity index is 1130. The van der Waals surface area contributed by atoms with Crippen LogP contribution in [-0.2, 0) is 4.79 Å². The van der Waals surface area contributed by atoms with Crippen molar-refractivity contribution in [2.45, 2.75) is 27.7 Å². The number of fused-ring (bicyclic) bond motifs is 1. The molecule has 4 aromatic rings. The highest BCUT2D eigenvalue weighted by molar-refractivity contribution is 5.82. The number of hydrogen-bond acceptors (Lipinski definition) is 6. The summed E-state index contributed by atoms with van der Waals surface area (Å²) in [5.74, 6) is 1.85. The van der Waals surface area contributed by atoms with Gasteiger partial charge in [0, 0.05) is 22.6 Å². The van der Waals surface area contributed by atoms with Gasteiger partial charge in [-0.15, -0.1) is 5.10 Å². The quantitative estimate of drug-likeness (QED) is 0.307. The number of nitrogens with zero attached hydrogens (tertiary/aromatic N) is 3. The van der Waals surface area contributed by atoms with Crippen molar-refractivity contribution in [2.24, 2.45) is 5.92 Å². The number of carbonyl (C=O) groups is 1. The van der Waals surface area contributed by atoms with E-state index in [2.05, 4.69) is 36.0 Å². The smallest absolute Gasteiger partial charge is 0.246 e. The molecular weight excluding hydrogens is 406 g/mol. The third-order valence-electron chi connectivity index (χ3n) is 4.50. The fourth-order valence-electron chi connectivity index (χ4n) is 2.85. The van der Waals surface area contributed by atoms with Gasteiger partial charge in [0.25, 0.3) is 0 Å². The van der Waals surface area contributed by atoms with Gasteiger partial charge in [0.2, 0.25) is 11.9 Å². The second-order valence-electron chi connectivity index (χ2n) is 7.12. The summed E-state index contributed by atoms with van der Waals surface area (Å²) in [4.78, 5) is 16.0. The van der Waals surface area contributed by atoms with Crippen LogP contribution in [0, 0.1) is 5.92 Å². The molecule has 9 nitrogen and oxygen atoms in total. The van der Waals surface area contributed by atoms with Gasteiger partial charge in [-0.2, -0.15) is 10.1 Å². The second-order valence-corrected chi connectivity index (χ2v) is 7.12. The number of benzene rings is 2. The van der Waals surface area contributed by atoms with E-state index in [1.165, 1.54) is 0 Å². The molecule has 0 aliphatic rings. The van der Waals surface area contributed by atoms with Crippen LogP contribution in [-0.4, -0.2) is 44.4 Å². The predicted molar refractivity (Wildman–Crippen MR) is 126 cm³/mol. The first-order valence-electron chi connectivity index (χ1n) is 10.7. The summed E-state index contributed by atoms with van der Waals surface area (Å²) in [6.45, 7) is 8.60. The number of ether oxygens (including phenoxy) is 1. The molecule has 0 aliphatic carbocycles. The van der Waals surface area contributed by atoms with E-state index >= 15 is 0 Å². The van der Waals surface area contributed by atoms with E-state index in [1.807, 2.05) is 70.2 Å². The fraction of sp³-hybridized carbons (Fsp3) is 0.304. The zero-order chi connectivity index (χ0) is 22.9. The summed E-state index contributed by atoms with van der Waals surface area (Å²) in [5.41, 5.74) is 2.74. The molecule has 1 amide bonds. The highest BCUT2D eigenvalue weighted by Crippen LogP contribution is 2.22. The average Bonchev–Trinajstić information content (AvgIpc) is 3.47. The first-order chi connectivity index (χ1) is 15.6. The van der Waals surface area contributed by atoms with Gasteiger partial charge in [-0.3, -0.25) is 15.0 Å². The van der Waals surface area contributed by atoms with Crippen molar-refractivity contribution in [1.82, 2.24) is 30.7 Å². The number of carbonyl (C=O) groups excluding carboxylic acids is 1. The Kier molecular flexibility index (Phi) is 7.80. The SMILES string of the molecule is CC.CC(C)C(=O)NCCOc1ccc(-c2nc(Nc3ccc4[nH]ncc4c3)n[nH]2)cc1. The minimum absolute atomic E-state index is 0.0216. The lowest BCUT2D eigenvalue weighted by Crippen LogP contribution is -2.31. The number of nitrogens with one attached hydrogen (secondary N) is 4. The van der Waals surface area contributed by atoms with Crippen molar-refractivity contribution >= 4 is 28.4 Å². The first-order valence-corrected chi connectivity index (χ1v) is 10.7. The Balaban J connectivity index is 0.00000141. The molecule has 2 heterocycles. The third kappa shape index (κ3) is 5.84. The van der Waals surface area contributed by atoms with Gasteiger partial charge < -0.3 is 15.4 Å². The molecule has 0 spiro atoms. The van der Waals surface area contributed by atoms with Crippen LogP contribution in [0.4, 0.5) is 11.6 Å². The summed E-state index contributed by atoms with van der Waals surface area (Å²) in [5, 5.41) is 21.1. The number of H-pyrrole nitrogens is 2. The zero-order valence-electron chi connectivity index (χ0n) is 18.8. The van der Waals surface area contributed by atoms with Crippen LogP contribution in [0.2, 0.25) is 0 Å². The average molecular weight is 436 g/mol. The van der Waals surface area contributed by atoms with E-state index in [9.17, 15) is 4.79 Å². The molecule has 4 N–H and O–H groups in total. The van der Waals surface area contributed by atoms with Crippen LogP contribution in [0.3, 0.4) is 0 Å². The van der Waals surface area contributed by atoms with Gasteiger partial charge in [0.15, 0.2) is 5.82 Å². The zero-order valence-corrected chi connectivity index (χ0v) is 18.8. The van der Waals surface area contributed by atoms with Gasteiger partial charge in [-0.05, 0) is 42.5 Å². The Morgan fingerprint density at radius 2 is 1.88 bits per heavy atom. The number of anilines is 2.